The number of anilines is 2. The van der Waals surface area contributed by atoms with Crippen molar-refractivity contribution >= 4 is 28.6 Å². The number of nitrogens with zero attached hydrogens (tertiary/aromatic N) is 4. The topological polar surface area (TPSA) is 61.4 Å². The number of benzene rings is 2. The van der Waals surface area contributed by atoms with Crippen LogP contribution in [0.15, 0.2) is 54.6 Å². The SMILES string of the molecule is CCCN1CCCN(c2nc(NCc3ccccc3)c3ccccc3n2)CC1=O. The first-order valence-corrected chi connectivity index (χ1v) is 10.3. The van der Waals surface area contributed by atoms with Gasteiger partial charge in [0.25, 0.3) is 0 Å². The van der Waals surface area contributed by atoms with Crippen LogP contribution in [0.1, 0.15) is 25.3 Å². The number of hydrogen-bond donors (Lipinski definition) is 1. The first-order valence-electron chi connectivity index (χ1n) is 10.3. The summed E-state index contributed by atoms with van der Waals surface area (Å²) >= 11 is 0. The summed E-state index contributed by atoms with van der Waals surface area (Å²) in [5.74, 6) is 1.57. The average molecular weight is 390 g/mol. The van der Waals surface area contributed by atoms with E-state index in [0.29, 0.717) is 19.0 Å². The molecular weight excluding hydrogens is 362 g/mol. The number of hydrogen-bond acceptors (Lipinski definition) is 5. The van der Waals surface area contributed by atoms with Crippen molar-refractivity contribution in [2.45, 2.75) is 26.3 Å². The van der Waals surface area contributed by atoms with Gasteiger partial charge >= 0.3 is 0 Å². The molecule has 29 heavy (non-hydrogen) atoms. The molecule has 6 nitrogen and oxygen atoms in total. The molecule has 1 amide bonds. The van der Waals surface area contributed by atoms with Gasteiger partial charge in [0.1, 0.15) is 5.82 Å². The molecule has 1 aromatic heterocycles. The Bertz CT molecular complexity index is 975. The number of carbonyl (C=O) groups is 1. The number of amides is 1. The second-order valence-electron chi connectivity index (χ2n) is 7.38. The third-order valence-corrected chi connectivity index (χ3v) is 5.21. The molecule has 0 unspecified atom stereocenters. The second kappa shape index (κ2) is 8.90. The maximum Gasteiger partial charge on any atom is 0.242 e. The Hall–Kier alpha value is -3.15. The number of aromatic nitrogens is 2. The second-order valence-corrected chi connectivity index (χ2v) is 7.38. The van der Waals surface area contributed by atoms with Crippen molar-refractivity contribution in [1.29, 1.82) is 0 Å². The first-order chi connectivity index (χ1) is 14.2. The molecule has 2 aromatic carbocycles. The van der Waals surface area contributed by atoms with E-state index in [0.717, 1.165) is 49.2 Å². The Labute approximate surface area is 171 Å². The van der Waals surface area contributed by atoms with Crippen LogP contribution < -0.4 is 10.2 Å². The van der Waals surface area contributed by atoms with E-state index in [2.05, 4.69) is 24.4 Å². The highest BCUT2D eigenvalue weighted by molar-refractivity contribution is 5.90. The fraction of sp³-hybridized carbons (Fsp3) is 0.348. The summed E-state index contributed by atoms with van der Waals surface area (Å²) in [4.78, 5) is 26.2. The largest absolute Gasteiger partial charge is 0.365 e. The lowest BCUT2D eigenvalue weighted by atomic mass is 10.2. The fourth-order valence-electron chi connectivity index (χ4n) is 3.72. The Morgan fingerprint density at radius 2 is 1.79 bits per heavy atom. The highest BCUT2D eigenvalue weighted by Gasteiger charge is 2.23. The van der Waals surface area contributed by atoms with E-state index < -0.39 is 0 Å². The van der Waals surface area contributed by atoms with Crippen LogP contribution in [0.2, 0.25) is 0 Å². The van der Waals surface area contributed by atoms with Crippen molar-refractivity contribution in [2.75, 3.05) is 36.4 Å². The van der Waals surface area contributed by atoms with Crippen LogP contribution in [0.5, 0.6) is 0 Å². The lowest BCUT2D eigenvalue weighted by Crippen LogP contribution is -2.37. The van der Waals surface area contributed by atoms with Gasteiger partial charge < -0.3 is 15.1 Å². The van der Waals surface area contributed by atoms with Crippen molar-refractivity contribution in [1.82, 2.24) is 14.9 Å². The minimum Gasteiger partial charge on any atom is -0.365 e. The molecule has 2 heterocycles. The van der Waals surface area contributed by atoms with Gasteiger partial charge in [0.2, 0.25) is 11.9 Å². The Morgan fingerprint density at radius 1 is 1.00 bits per heavy atom. The zero-order valence-corrected chi connectivity index (χ0v) is 16.8. The average Bonchev–Trinajstić information content (AvgIpc) is 2.94. The Morgan fingerprint density at radius 3 is 2.62 bits per heavy atom. The summed E-state index contributed by atoms with van der Waals surface area (Å²) in [6.45, 7) is 5.52. The summed E-state index contributed by atoms with van der Waals surface area (Å²) in [6.07, 6.45) is 1.90. The molecule has 150 valence electrons. The fourth-order valence-corrected chi connectivity index (χ4v) is 3.72. The van der Waals surface area contributed by atoms with E-state index in [1.165, 1.54) is 5.56 Å². The molecule has 0 spiro atoms. The van der Waals surface area contributed by atoms with Crippen LogP contribution in [-0.4, -0.2) is 47.0 Å². The number of fused-ring (bicyclic) bond motifs is 1. The molecule has 0 radical (unpaired) electrons. The predicted octanol–water partition coefficient (Wildman–Crippen LogP) is 3.69. The zero-order chi connectivity index (χ0) is 20.1. The molecule has 1 aliphatic rings. The van der Waals surface area contributed by atoms with Crippen molar-refractivity contribution < 1.29 is 4.79 Å². The zero-order valence-electron chi connectivity index (χ0n) is 16.8. The highest BCUT2D eigenvalue weighted by atomic mass is 16.2. The third kappa shape index (κ3) is 4.47. The van der Waals surface area contributed by atoms with Gasteiger partial charge in [-0.05, 0) is 30.5 Å². The molecule has 4 rings (SSSR count). The number of rotatable bonds is 6. The van der Waals surface area contributed by atoms with Crippen LogP contribution >= 0.6 is 0 Å². The Balaban J connectivity index is 1.62. The molecule has 1 fully saturated rings. The Kier molecular flexibility index (Phi) is 5.89. The third-order valence-electron chi connectivity index (χ3n) is 5.21. The van der Waals surface area contributed by atoms with Crippen LogP contribution in [0.25, 0.3) is 10.9 Å². The van der Waals surface area contributed by atoms with Gasteiger partial charge in [-0.1, -0.05) is 49.4 Å². The maximum absolute atomic E-state index is 12.7. The summed E-state index contributed by atoms with van der Waals surface area (Å²) in [6, 6.07) is 18.3. The molecule has 1 aliphatic heterocycles. The lowest BCUT2D eigenvalue weighted by Gasteiger charge is -2.22. The summed E-state index contributed by atoms with van der Waals surface area (Å²) < 4.78 is 0. The van der Waals surface area contributed by atoms with Gasteiger partial charge in [-0.3, -0.25) is 4.79 Å². The monoisotopic (exact) mass is 389 g/mol. The van der Waals surface area contributed by atoms with E-state index in [1.807, 2.05) is 52.3 Å². The quantitative estimate of drug-likeness (QED) is 0.697. The highest BCUT2D eigenvalue weighted by Crippen LogP contribution is 2.25. The van der Waals surface area contributed by atoms with E-state index in [-0.39, 0.29) is 5.91 Å². The molecule has 6 heteroatoms. The predicted molar refractivity (Wildman–Crippen MR) is 117 cm³/mol. The molecular formula is C23H27N5O. The van der Waals surface area contributed by atoms with Crippen molar-refractivity contribution in [3.8, 4) is 0 Å². The molecule has 3 aromatic rings. The van der Waals surface area contributed by atoms with Gasteiger partial charge in [-0.25, -0.2) is 4.98 Å². The number of nitrogens with one attached hydrogen (secondary N) is 1. The standard InChI is InChI=1S/C23H27N5O/c1-2-13-27-14-8-15-28(17-21(27)29)23-25-20-12-7-6-11-19(20)22(26-23)24-16-18-9-4-3-5-10-18/h3-7,9-12H,2,8,13-17H2,1H3,(H,24,25,26). The minimum atomic E-state index is 0.153. The number of carbonyl (C=O) groups excluding carboxylic acids is 1. The van der Waals surface area contributed by atoms with Gasteiger partial charge in [-0.15, -0.1) is 0 Å². The van der Waals surface area contributed by atoms with Crippen LogP contribution in [0.4, 0.5) is 11.8 Å². The van der Waals surface area contributed by atoms with Gasteiger partial charge in [0.05, 0.1) is 12.1 Å². The van der Waals surface area contributed by atoms with E-state index >= 15 is 0 Å². The molecule has 0 aliphatic carbocycles. The molecule has 0 bridgehead atoms. The smallest absolute Gasteiger partial charge is 0.242 e. The van der Waals surface area contributed by atoms with Crippen molar-refractivity contribution in [3.63, 3.8) is 0 Å². The van der Waals surface area contributed by atoms with E-state index in [4.69, 9.17) is 9.97 Å². The maximum atomic E-state index is 12.7. The minimum absolute atomic E-state index is 0.153. The molecule has 0 saturated carbocycles. The normalized spacial score (nSPS) is 14.9. The summed E-state index contributed by atoms with van der Waals surface area (Å²) in [5, 5.41) is 4.45. The van der Waals surface area contributed by atoms with Crippen LogP contribution in [-0.2, 0) is 11.3 Å². The molecule has 1 saturated heterocycles. The molecule has 0 atom stereocenters. The first kappa shape index (κ1) is 19.2. The lowest BCUT2D eigenvalue weighted by molar-refractivity contribution is -0.129. The summed E-state index contributed by atoms with van der Waals surface area (Å²) in [7, 11) is 0. The summed E-state index contributed by atoms with van der Waals surface area (Å²) in [5.41, 5.74) is 2.08. The van der Waals surface area contributed by atoms with E-state index in [1.54, 1.807) is 0 Å². The van der Waals surface area contributed by atoms with Crippen molar-refractivity contribution in [3.05, 3.63) is 60.2 Å². The van der Waals surface area contributed by atoms with Gasteiger partial charge in [0.15, 0.2) is 0 Å². The van der Waals surface area contributed by atoms with E-state index in [9.17, 15) is 4.79 Å². The van der Waals surface area contributed by atoms with Crippen molar-refractivity contribution in [2.24, 2.45) is 0 Å². The number of para-hydroxylation sites is 1. The molecule has 1 N–H and O–H groups in total. The van der Waals surface area contributed by atoms with Crippen LogP contribution in [0.3, 0.4) is 0 Å². The van der Waals surface area contributed by atoms with Gasteiger partial charge in [-0.2, -0.15) is 4.98 Å². The van der Waals surface area contributed by atoms with Gasteiger partial charge in [0, 0.05) is 31.6 Å². The van der Waals surface area contributed by atoms with Crippen LogP contribution in [0, 0.1) is 0 Å².